The number of ether oxygens (including phenoxy) is 2. The molecular weight excluding hydrogens is 606 g/mol. The van der Waals surface area contributed by atoms with Gasteiger partial charge in [0.05, 0.1) is 45.8 Å². The summed E-state index contributed by atoms with van der Waals surface area (Å²) in [6.07, 6.45) is 0. The monoisotopic (exact) mass is 628 g/mol. The smallest absolute Gasteiger partial charge is 0.744 e. The molecule has 0 bridgehead atoms. The van der Waals surface area contributed by atoms with Crippen molar-refractivity contribution in [3.05, 3.63) is 72.8 Å². The predicted octanol–water partition coefficient (Wildman–Crippen LogP) is 0.284. The van der Waals surface area contributed by atoms with Crippen molar-refractivity contribution in [2.45, 2.75) is 23.6 Å². The summed E-state index contributed by atoms with van der Waals surface area (Å²) >= 11 is 0. The Hall–Kier alpha value is -2.24. The second-order valence-corrected chi connectivity index (χ2v) is 10.9. The van der Waals surface area contributed by atoms with Crippen LogP contribution >= 0.6 is 0 Å². The predicted molar refractivity (Wildman–Crippen MR) is 143 cm³/mol. The van der Waals surface area contributed by atoms with Crippen molar-refractivity contribution >= 4 is 53.8 Å². The molecule has 0 heterocycles. The van der Waals surface area contributed by atoms with Gasteiger partial charge >= 0.3 is 59.1 Å². The fourth-order valence-corrected chi connectivity index (χ4v) is 4.64. The number of rotatable bonds is 10. The molecule has 12 nitrogen and oxygen atoms in total. The van der Waals surface area contributed by atoms with Gasteiger partial charge in [0, 0.05) is 10.8 Å². The number of hydrogen-bond acceptors (Lipinski definition) is 12. The average Bonchev–Trinajstić information content (AvgIpc) is 2.91. The third-order valence-electron chi connectivity index (χ3n) is 5.39. The molecule has 0 N–H and O–H groups in total. The second kappa shape index (κ2) is 15.5. The van der Waals surface area contributed by atoms with Gasteiger partial charge in [-0.25, -0.2) is 16.8 Å². The van der Waals surface area contributed by atoms with Crippen molar-refractivity contribution in [3.8, 4) is 11.5 Å². The fourth-order valence-electron chi connectivity index (χ4n) is 3.60. The Morgan fingerprint density at radius 1 is 0.571 bits per heavy atom. The van der Waals surface area contributed by atoms with E-state index < -0.39 is 30.0 Å². The number of azo groups is 2. The summed E-state index contributed by atoms with van der Waals surface area (Å²) in [5.41, 5.74) is 0.359. The van der Waals surface area contributed by atoms with Crippen LogP contribution < -0.4 is 68.6 Å². The maximum absolute atomic E-state index is 12.0. The molecule has 4 aromatic carbocycles. The molecule has 0 saturated heterocycles. The quantitative estimate of drug-likeness (QED) is 0.136. The Balaban J connectivity index is 0.00000308. The summed E-state index contributed by atoms with van der Waals surface area (Å²) in [6.45, 7) is 4.59. The minimum Gasteiger partial charge on any atom is -0.744 e. The Morgan fingerprint density at radius 3 is 1.19 bits per heavy atom. The van der Waals surface area contributed by atoms with E-state index in [4.69, 9.17) is 9.47 Å². The van der Waals surface area contributed by atoms with E-state index in [1.807, 2.05) is 13.8 Å². The van der Waals surface area contributed by atoms with Gasteiger partial charge in [-0.15, -0.1) is 10.2 Å². The number of fused-ring (bicyclic) bond motifs is 1. The van der Waals surface area contributed by atoms with Gasteiger partial charge in [-0.1, -0.05) is 0 Å². The van der Waals surface area contributed by atoms with E-state index >= 15 is 0 Å². The first-order valence-electron chi connectivity index (χ1n) is 11.8. The summed E-state index contributed by atoms with van der Waals surface area (Å²) in [5, 5.41) is 16.3. The maximum Gasteiger partial charge on any atom is 1.00 e. The van der Waals surface area contributed by atoms with Gasteiger partial charge < -0.3 is 18.6 Å². The molecule has 4 aromatic rings. The number of nitrogens with zero attached hydrogens (tertiary/aromatic N) is 4. The topological polar surface area (TPSA) is 182 Å². The van der Waals surface area contributed by atoms with Crippen LogP contribution in [0.15, 0.2) is 103 Å². The van der Waals surface area contributed by atoms with Gasteiger partial charge in [0.25, 0.3) is 0 Å². The molecule has 0 unspecified atom stereocenters. The first-order chi connectivity index (χ1) is 19.0. The number of benzene rings is 4. The van der Waals surface area contributed by atoms with Gasteiger partial charge in [-0.2, -0.15) is 10.2 Å². The van der Waals surface area contributed by atoms with E-state index in [2.05, 4.69) is 20.5 Å². The van der Waals surface area contributed by atoms with E-state index in [9.17, 15) is 25.9 Å². The Bertz CT molecular complexity index is 1680. The minimum absolute atomic E-state index is 0. The SMILES string of the molecule is CCOc1ccc(N=Nc2cc(S(=O)(=O)[O-])cc3c(N=Nc4ccc(OCC)cc4)cc(S(=O)(=O)[O-])cc23)cc1.[Na+].[Na+]. The molecule has 0 aliphatic heterocycles. The van der Waals surface area contributed by atoms with Crippen molar-refractivity contribution < 1.29 is 94.5 Å². The Morgan fingerprint density at radius 2 is 0.905 bits per heavy atom. The molecule has 42 heavy (non-hydrogen) atoms. The Kier molecular flexibility index (Phi) is 13.2. The first-order valence-corrected chi connectivity index (χ1v) is 14.6. The van der Waals surface area contributed by atoms with Crippen molar-refractivity contribution in [2.75, 3.05) is 13.2 Å². The normalized spacial score (nSPS) is 11.8. The molecule has 4 rings (SSSR count). The first kappa shape index (κ1) is 36.0. The maximum atomic E-state index is 12.0. The zero-order chi connectivity index (χ0) is 28.9. The van der Waals surface area contributed by atoms with Crippen LogP contribution in [0.3, 0.4) is 0 Å². The third kappa shape index (κ3) is 9.38. The van der Waals surface area contributed by atoms with Gasteiger partial charge in [0.1, 0.15) is 31.7 Å². The van der Waals surface area contributed by atoms with Crippen LogP contribution in [0.25, 0.3) is 10.8 Å². The molecule has 0 fully saturated rings. The van der Waals surface area contributed by atoms with E-state index in [1.165, 1.54) is 0 Å². The van der Waals surface area contributed by atoms with Crippen LogP contribution in [-0.4, -0.2) is 39.2 Å². The van der Waals surface area contributed by atoms with Crippen molar-refractivity contribution in [3.63, 3.8) is 0 Å². The van der Waals surface area contributed by atoms with E-state index in [0.29, 0.717) is 36.1 Å². The molecule has 0 aliphatic carbocycles. The fraction of sp³-hybridized carbons (Fsp3) is 0.154. The van der Waals surface area contributed by atoms with E-state index in [1.54, 1.807) is 48.5 Å². The van der Waals surface area contributed by atoms with Crippen molar-refractivity contribution in [2.24, 2.45) is 20.5 Å². The number of hydrogen-bond donors (Lipinski definition) is 0. The Labute approximate surface area is 287 Å². The summed E-state index contributed by atoms with van der Waals surface area (Å²) in [7, 11) is -9.96. The van der Waals surface area contributed by atoms with Gasteiger partial charge in [-0.05, 0) is 86.6 Å². The molecule has 0 aliphatic rings. The second-order valence-electron chi connectivity index (χ2n) is 8.14. The van der Waals surface area contributed by atoms with Crippen molar-refractivity contribution in [1.29, 1.82) is 0 Å². The van der Waals surface area contributed by atoms with Crippen LogP contribution in [0.4, 0.5) is 22.7 Å². The molecular formula is C26H22N4Na2O8S2. The van der Waals surface area contributed by atoms with Crippen LogP contribution in [-0.2, 0) is 20.2 Å². The molecule has 0 atom stereocenters. The zero-order valence-corrected chi connectivity index (χ0v) is 28.8. The van der Waals surface area contributed by atoms with Crippen LogP contribution in [0.1, 0.15) is 13.8 Å². The summed E-state index contributed by atoms with van der Waals surface area (Å²) in [4.78, 5) is -1.31. The van der Waals surface area contributed by atoms with Gasteiger partial charge in [0.15, 0.2) is 0 Å². The average molecular weight is 629 g/mol. The zero-order valence-electron chi connectivity index (χ0n) is 23.2. The molecule has 0 aromatic heterocycles. The summed E-state index contributed by atoms with van der Waals surface area (Å²) in [5.74, 6) is 1.19. The van der Waals surface area contributed by atoms with Gasteiger partial charge in [-0.3, -0.25) is 0 Å². The van der Waals surface area contributed by atoms with Crippen LogP contribution in [0.2, 0.25) is 0 Å². The molecule has 208 valence electrons. The molecule has 0 amide bonds. The standard InChI is InChI=1S/C26H24N4O8S2.2Na/c1-3-37-19-9-5-17(6-10-19)27-29-25-15-21(39(31,32)33)14-24-23(25)13-22(40(34,35)36)16-26(24)30-28-18-7-11-20(12-8-18)38-4-2;;/h5-16H,3-4H2,1-2H3,(H,31,32,33)(H,34,35,36);;/q;2*+1/p-2. The minimum atomic E-state index is -4.98. The van der Waals surface area contributed by atoms with E-state index in [0.717, 1.165) is 24.3 Å². The molecule has 0 saturated carbocycles. The van der Waals surface area contributed by atoms with Crippen LogP contribution in [0, 0.1) is 0 Å². The van der Waals surface area contributed by atoms with Gasteiger partial charge in [0.2, 0.25) is 0 Å². The largest absolute Gasteiger partial charge is 1.00 e. The van der Waals surface area contributed by atoms with Crippen LogP contribution in [0.5, 0.6) is 11.5 Å². The molecule has 0 radical (unpaired) electrons. The third-order valence-corrected chi connectivity index (χ3v) is 7.02. The van der Waals surface area contributed by atoms with E-state index in [-0.39, 0.29) is 81.3 Å². The molecule has 16 heteroatoms. The molecule has 0 spiro atoms. The summed E-state index contributed by atoms with van der Waals surface area (Å²) in [6, 6.07) is 16.9. The van der Waals surface area contributed by atoms with Crippen molar-refractivity contribution in [1.82, 2.24) is 0 Å². The summed E-state index contributed by atoms with van der Waals surface area (Å²) < 4.78 is 82.5.